The van der Waals surface area contributed by atoms with E-state index >= 15 is 0 Å². The molecule has 7 nitrogen and oxygen atoms in total. The van der Waals surface area contributed by atoms with Crippen LogP contribution in [0.1, 0.15) is 67.2 Å². The number of piperidine rings is 1. The molecule has 2 heterocycles. The van der Waals surface area contributed by atoms with Crippen molar-refractivity contribution in [2.24, 2.45) is 5.92 Å². The monoisotopic (exact) mass is 699 g/mol. The van der Waals surface area contributed by atoms with Crippen LogP contribution in [0.2, 0.25) is 0 Å². The van der Waals surface area contributed by atoms with E-state index in [9.17, 15) is 13.2 Å². The minimum atomic E-state index is -6.09. The SMILES string of the molecule is C[N+]1(CC2CC2)CC[C@]23c4c5ccc(OCc6ccccc6)c4OC2CCC[C@@]3(OCCCc2ccccc2)[C@H]1C5.O=S(=O)([O-])C(F)(F)F. The molecule has 49 heavy (non-hydrogen) atoms. The topological polar surface area (TPSA) is 84.9 Å². The lowest BCUT2D eigenvalue weighted by molar-refractivity contribution is -0.951. The molecule has 0 aromatic heterocycles. The molecule has 1 spiro atoms. The first-order valence-corrected chi connectivity index (χ1v) is 18.8. The Labute approximate surface area is 286 Å². The number of hydrogen-bond donors (Lipinski definition) is 0. The van der Waals surface area contributed by atoms with Crippen molar-refractivity contribution < 1.29 is 44.8 Å². The maximum Gasteiger partial charge on any atom is 0.485 e. The van der Waals surface area contributed by atoms with Gasteiger partial charge in [-0.2, -0.15) is 13.2 Å². The van der Waals surface area contributed by atoms with E-state index < -0.39 is 15.6 Å². The van der Waals surface area contributed by atoms with Gasteiger partial charge in [0.15, 0.2) is 21.6 Å². The highest BCUT2D eigenvalue weighted by atomic mass is 32.2. The van der Waals surface area contributed by atoms with Crippen LogP contribution in [0.25, 0.3) is 0 Å². The molecule has 2 bridgehead atoms. The maximum atomic E-state index is 10.7. The Balaban J connectivity index is 0.000000424. The summed E-state index contributed by atoms with van der Waals surface area (Å²) in [5.41, 5.74) is -0.359. The first-order chi connectivity index (χ1) is 23.4. The van der Waals surface area contributed by atoms with Gasteiger partial charge >= 0.3 is 5.51 Å². The molecule has 5 atom stereocenters. The first kappa shape index (κ1) is 34.3. The second kappa shape index (κ2) is 12.9. The molecule has 3 fully saturated rings. The molecular formula is C38H44F3NO6S. The standard InChI is InChI=1S/C37H44NO3.CHF3O3S/c1-38(25-28-16-17-28)22-21-36-33-15-8-20-37(36,40-23-9-14-27-10-4-2-5-11-27)32(38)24-30-18-19-31(35(41-33)34(30)36)39-26-29-12-6-3-7-13-29;2-1(3,4)8(5,6)7/h2-7,10-13,18-19,28,32-33H,8-9,14-17,20-26H2,1H3;(H,5,6,7)/q+1;/p-1/t32-,33?,36-,37-,38?;/m1./s1. The molecule has 5 aliphatic rings. The highest BCUT2D eigenvalue weighted by Gasteiger charge is 2.76. The van der Waals surface area contributed by atoms with Crippen molar-refractivity contribution in [3.05, 3.63) is 95.1 Å². The molecule has 0 amide bonds. The van der Waals surface area contributed by atoms with E-state index in [2.05, 4.69) is 79.8 Å². The van der Waals surface area contributed by atoms with Gasteiger partial charge < -0.3 is 23.2 Å². The predicted octanol–water partition coefficient (Wildman–Crippen LogP) is 7.07. The zero-order chi connectivity index (χ0) is 34.5. The Morgan fingerprint density at radius 1 is 0.959 bits per heavy atom. The molecule has 1 saturated heterocycles. The van der Waals surface area contributed by atoms with Crippen LogP contribution in [0.15, 0.2) is 72.8 Å². The number of likely N-dealkylation sites (N-methyl/N-ethyl adjacent to an activating group) is 1. The fourth-order valence-electron chi connectivity index (χ4n) is 9.42. The van der Waals surface area contributed by atoms with Gasteiger partial charge in [0.2, 0.25) is 0 Å². The summed E-state index contributed by atoms with van der Waals surface area (Å²) in [5.74, 6) is 2.84. The normalized spacial score (nSPS) is 29.7. The van der Waals surface area contributed by atoms with E-state index in [1.807, 2.05) is 0 Å². The number of halogens is 3. The third-order valence-corrected chi connectivity index (χ3v) is 12.2. The Morgan fingerprint density at radius 3 is 2.29 bits per heavy atom. The maximum absolute atomic E-state index is 10.7. The van der Waals surface area contributed by atoms with Gasteiger partial charge in [-0.25, -0.2) is 8.42 Å². The molecule has 2 aliphatic heterocycles. The molecule has 2 saturated carbocycles. The van der Waals surface area contributed by atoms with Gasteiger partial charge in [0, 0.05) is 30.9 Å². The number of rotatable bonds is 10. The van der Waals surface area contributed by atoms with E-state index in [0.29, 0.717) is 12.6 Å². The van der Waals surface area contributed by atoms with Crippen molar-refractivity contribution in [2.45, 2.75) is 93.1 Å². The smallest absolute Gasteiger partial charge is 0.485 e. The summed E-state index contributed by atoms with van der Waals surface area (Å²) >= 11 is 0. The zero-order valence-electron chi connectivity index (χ0n) is 27.8. The van der Waals surface area contributed by atoms with Crippen LogP contribution in [0.4, 0.5) is 13.2 Å². The summed E-state index contributed by atoms with van der Waals surface area (Å²) in [7, 11) is -3.53. The van der Waals surface area contributed by atoms with Gasteiger partial charge in [-0.1, -0.05) is 66.7 Å². The number of benzene rings is 3. The van der Waals surface area contributed by atoms with Crippen molar-refractivity contribution in [3.63, 3.8) is 0 Å². The van der Waals surface area contributed by atoms with E-state index in [1.165, 1.54) is 59.1 Å². The molecule has 0 N–H and O–H groups in total. The zero-order valence-corrected chi connectivity index (χ0v) is 28.6. The summed E-state index contributed by atoms with van der Waals surface area (Å²) in [6.07, 6.45) is 10.8. The summed E-state index contributed by atoms with van der Waals surface area (Å²) in [6.45, 7) is 3.91. The molecule has 8 rings (SSSR count). The molecule has 3 aromatic rings. The highest BCUT2D eigenvalue weighted by Crippen LogP contribution is 2.67. The number of nitrogens with zero attached hydrogens (tertiary/aromatic N) is 1. The van der Waals surface area contributed by atoms with Crippen LogP contribution < -0.4 is 9.47 Å². The first-order valence-electron chi connectivity index (χ1n) is 17.4. The summed E-state index contributed by atoms with van der Waals surface area (Å²) in [5, 5.41) is 0. The van der Waals surface area contributed by atoms with Crippen LogP contribution in [0, 0.1) is 5.92 Å². The van der Waals surface area contributed by atoms with Gasteiger partial charge in [-0.05, 0) is 67.7 Å². The van der Waals surface area contributed by atoms with E-state index in [1.54, 1.807) is 0 Å². The predicted molar refractivity (Wildman–Crippen MR) is 177 cm³/mol. The molecule has 3 aliphatic carbocycles. The second-order valence-electron chi connectivity index (χ2n) is 14.7. The van der Waals surface area contributed by atoms with Crippen LogP contribution in [0.3, 0.4) is 0 Å². The lowest BCUT2D eigenvalue weighted by Gasteiger charge is -2.66. The van der Waals surface area contributed by atoms with Gasteiger partial charge in [-0.3, -0.25) is 0 Å². The fraction of sp³-hybridized carbons (Fsp3) is 0.526. The third-order valence-electron chi connectivity index (χ3n) is 11.7. The number of alkyl halides is 3. The molecule has 0 radical (unpaired) electrons. The van der Waals surface area contributed by atoms with Crippen LogP contribution in [0.5, 0.6) is 11.5 Å². The molecule has 264 valence electrons. The van der Waals surface area contributed by atoms with Crippen LogP contribution in [-0.2, 0) is 39.7 Å². The summed E-state index contributed by atoms with van der Waals surface area (Å²) in [6, 6.07) is 26.4. The highest BCUT2D eigenvalue weighted by molar-refractivity contribution is 7.86. The van der Waals surface area contributed by atoms with Gasteiger partial charge in [0.05, 0.1) is 25.6 Å². The van der Waals surface area contributed by atoms with Crippen molar-refractivity contribution >= 4 is 10.1 Å². The number of likely N-dealkylation sites (tertiary alicyclic amines) is 1. The average molecular weight is 700 g/mol. The lowest BCUT2D eigenvalue weighted by atomic mass is 9.48. The molecule has 2 unspecified atom stereocenters. The largest absolute Gasteiger partial charge is 0.741 e. The lowest BCUT2D eigenvalue weighted by Crippen LogP contribution is -2.80. The van der Waals surface area contributed by atoms with Gasteiger partial charge in [0.25, 0.3) is 0 Å². The van der Waals surface area contributed by atoms with Crippen LogP contribution in [-0.4, -0.2) is 67.5 Å². The van der Waals surface area contributed by atoms with E-state index in [4.69, 9.17) is 27.2 Å². The third kappa shape index (κ3) is 6.25. The Kier molecular flexibility index (Phi) is 9.03. The van der Waals surface area contributed by atoms with E-state index in [-0.39, 0.29) is 17.1 Å². The Morgan fingerprint density at radius 2 is 1.63 bits per heavy atom. The molecule has 11 heteroatoms. The number of quaternary nitrogens is 1. The minimum absolute atomic E-state index is 0.0704. The van der Waals surface area contributed by atoms with Crippen molar-refractivity contribution in [2.75, 3.05) is 26.7 Å². The van der Waals surface area contributed by atoms with Crippen molar-refractivity contribution in [3.8, 4) is 11.5 Å². The number of aryl methyl sites for hydroxylation is 1. The number of ether oxygens (including phenoxy) is 3. The van der Waals surface area contributed by atoms with Crippen molar-refractivity contribution in [1.82, 2.24) is 0 Å². The molecule has 3 aromatic carbocycles. The summed E-state index contributed by atoms with van der Waals surface area (Å²) in [4.78, 5) is 0. The molecular weight excluding hydrogens is 655 g/mol. The summed E-state index contributed by atoms with van der Waals surface area (Å²) < 4.78 is 81.1. The average Bonchev–Trinajstić information content (AvgIpc) is 3.81. The van der Waals surface area contributed by atoms with Gasteiger partial charge in [-0.15, -0.1) is 0 Å². The minimum Gasteiger partial charge on any atom is -0.741 e. The Hall–Kier alpha value is -3.12. The van der Waals surface area contributed by atoms with Gasteiger partial charge in [0.1, 0.15) is 24.4 Å². The number of hydrogen-bond acceptors (Lipinski definition) is 6. The fourth-order valence-corrected chi connectivity index (χ4v) is 9.42. The quantitative estimate of drug-likeness (QED) is 0.0975. The van der Waals surface area contributed by atoms with E-state index in [0.717, 1.165) is 62.5 Å². The van der Waals surface area contributed by atoms with Crippen LogP contribution >= 0.6 is 0 Å². The Bertz CT molecular complexity index is 1750. The van der Waals surface area contributed by atoms with Crippen molar-refractivity contribution in [1.29, 1.82) is 0 Å². The second-order valence-corrected chi connectivity index (χ2v) is 16.1.